The summed E-state index contributed by atoms with van der Waals surface area (Å²) in [5, 5.41) is 0. The normalized spacial score (nSPS) is 28.0. The van der Waals surface area contributed by atoms with Crippen LogP contribution >= 0.6 is 0 Å². The molecule has 1 heterocycles. The van der Waals surface area contributed by atoms with Crippen molar-refractivity contribution in [1.82, 2.24) is 0 Å². The molecule has 0 radical (unpaired) electrons. The lowest BCUT2D eigenvalue weighted by Gasteiger charge is -2.30. The molecule has 1 saturated carbocycles. The SMILES string of the molecule is CCOC(=O)CC1=NC2CCC(C1)C2C(=O)OC(C)(C)C. The molecule has 2 rings (SSSR count). The van der Waals surface area contributed by atoms with Gasteiger partial charge in [0.25, 0.3) is 0 Å². The van der Waals surface area contributed by atoms with Gasteiger partial charge in [0.15, 0.2) is 0 Å². The topological polar surface area (TPSA) is 65.0 Å². The molecule has 0 aromatic heterocycles. The highest BCUT2D eigenvalue weighted by molar-refractivity contribution is 6.00. The monoisotopic (exact) mass is 295 g/mol. The molecule has 2 aliphatic rings. The number of esters is 2. The summed E-state index contributed by atoms with van der Waals surface area (Å²) in [7, 11) is 0. The summed E-state index contributed by atoms with van der Waals surface area (Å²) in [6.07, 6.45) is 2.84. The number of rotatable bonds is 4. The van der Waals surface area contributed by atoms with Crippen LogP contribution in [0.4, 0.5) is 0 Å². The minimum Gasteiger partial charge on any atom is -0.466 e. The van der Waals surface area contributed by atoms with Crippen molar-refractivity contribution in [3.05, 3.63) is 0 Å². The summed E-state index contributed by atoms with van der Waals surface area (Å²) in [6.45, 7) is 7.82. The summed E-state index contributed by atoms with van der Waals surface area (Å²) >= 11 is 0. The van der Waals surface area contributed by atoms with E-state index in [2.05, 4.69) is 4.99 Å². The Hall–Kier alpha value is -1.39. The molecular formula is C16H25NO4. The van der Waals surface area contributed by atoms with Crippen LogP contribution in [0.5, 0.6) is 0 Å². The zero-order chi connectivity index (χ0) is 15.6. The molecule has 0 aromatic rings. The average molecular weight is 295 g/mol. The number of aliphatic imine (C=N–C) groups is 1. The molecule has 1 fully saturated rings. The predicted molar refractivity (Wildman–Crippen MR) is 79.1 cm³/mol. The van der Waals surface area contributed by atoms with Crippen molar-refractivity contribution in [2.75, 3.05) is 6.61 Å². The highest BCUT2D eigenvalue weighted by atomic mass is 16.6. The fourth-order valence-electron chi connectivity index (χ4n) is 3.24. The molecule has 5 nitrogen and oxygen atoms in total. The lowest BCUT2D eigenvalue weighted by Crippen LogP contribution is -2.38. The number of nitrogens with zero attached hydrogens (tertiary/aromatic N) is 1. The number of ether oxygens (including phenoxy) is 2. The Kier molecular flexibility index (Phi) is 4.69. The fraction of sp³-hybridized carbons (Fsp3) is 0.812. The van der Waals surface area contributed by atoms with E-state index in [9.17, 15) is 9.59 Å². The van der Waals surface area contributed by atoms with Gasteiger partial charge >= 0.3 is 11.9 Å². The van der Waals surface area contributed by atoms with Crippen LogP contribution in [0.2, 0.25) is 0 Å². The van der Waals surface area contributed by atoms with Gasteiger partial charge in [-0.15, -0.1) is 0 Å². The summed E-state index contributed by atoms with van der Waals surface area (Å²) in [5.74, 6) is -0.262. The molecule has 2 bridgehead atoms. The second-order valence-corrected chi connectivity index (χ2v) is 6.85. The van der Waals surface area contributed by atoms with Gasteiger partial charge in [0.05, 0.1) is 25.0 Å². The molecule has 118 valence electrons. The molecule has 0 spiro atoms. The van der Waals surface area contributed by atoms with Crippen LogP contribution < -0.4 is 0 Å². The van der Waals surface area contributed by atoms with E-state index in [4.69, 9.17) is 9.47 Å². The van der Waals surface area contributed by atoms with E-state index < -0.39 is 5.60 Å². The minimum absolute atomic E-state index is 0.0250. The van der Waals surface area contributed by atoms with E-state index in [0.717, 1.165) is 18.6 Å². The van der Waals surface area contributed by atoms with E-state index in [1.165, 1.54) is 0 Å². The van der Waals surface area contributed by atoms with Gasteiger partial charge in [0.1, 0.15) is 5.60 Å². The van der Waals surface area contributed by atoms with Crippen LogP contribution in [0.1, 0.15) is 53.4 Å². The zero-order valence-electron chi connectivity index (χ0n) is 13.3. The smallest absolute Gasteiger partial charge is 0.311 e. The maximum Gasteiger partial charge on any atom is 0.311 e. The Morgan fingerprint density at radius 2 is 2.00 bits per heavy atom. The fourth-order valence-corrected chi connectivity index (χ4v) is 3.24. The van der Waals surface area contributed by atoms with E-state index in [1.54, 1.807) is 6.92 Å². The molecule has 3 atom stereocenters. The van der Waals surface area contributed by atoms with Gasteiger partial charge in [0, 0.05) is 5.71 Å². The van der Waals surface area contributed by atoms with Gasteiger partial charge in [-0.2, -0.15) is 0 Å². The second-order valence-electron chi connectivity index (χ2n) is 6.85. The Bertz CT molecular complexity index is 450. The average Bonchev–Trinajstić information content (AvgIpc) is 2.60. The summed E-state index contributed by atoms with van der Waals surface area (Å²) in [5.41, 5.74) is 0.409. The summed E-state index contributed by atoms with van der Waals surface area (Å²) < 4.78 is 10.5. The van der Waals surface area contributed by atoms with E-state index in [0.29, 0.717) is 13.0 Å². The van der Waals surface area contributed by atoms with Gasteiger partial charge in [-0.1, -0.05) is 0 Å². The lowest BCUT2D eigenvalue weighted by molar-refractivity contribution is -0.161. The van der Waals surface area contributed by atoms with Crippen molar-refractivity contribution in [3.8, 4) is 0 Å². The minimum atomic E-state index is -0.467. The van der Waals surface area contributed by atoms with Gasteiger partial charge in [0.2, 0.25) is 0 Å². The highest BCUT2D eigenvalue weighted by Crippen LogP contribution is 2.42. The van der Waals surface area contributed by atoms with Crippen molar-refractivity contribution in [3.63, 3.8) is 0 Å². The first-order valence-electron chi connectivity index (χ1n) is 7.74. The maximum atomic E-state index is 12.3. The zero-order valence-corrected chi connectivity index (χ0v) is 13.3. The maximum absolute atomic E-state index is 12.3. The van der Waals surface area contributed by atoms with E-state index in [1.807, 2.05) is 20.8 Å². The molecule has 3 unspecified atom stereocenters. The standard InChI is InChI=1S/C16H25NO4/c1-5-20-13(18)9-11-8-10-6-7-12(17-11)14(10)15(19)21-16(2,3)4/h10,12,14H,5-9H2,1-4H3. The van der Waals surface area contributed by atoms with Crippen LogP contribution in [0.25, 0.3) is 0 Å². The third-order valence-corrected chi connectivity index (χ3v) is 3.93. The van der Waals surface area contributed by atoms with Crippen molar-refractivity contribution >= 4 is 17.7 Å². The Balaban J connectivity index is 2.02. The number of carbonyl (C=O) groups excluding carboxylic acids is 2. The summed E-state index contributed by atoms with van der Waals surface area (Å²) in [6, 6.07) is -0.0250. The Labute approximate surface area is 126 Å². The first-order valence-corrected chi connectivity index (χ1v) is 7.74. The predicted octanol–water partition coefficient (Wildman–Crippen LogP) is 2.52. The number of carbonyl (C=O) groups is 2. The van der Waals surface area contributed by atoms with Crippen molar-refractivity contribution in [1.29, 1.82) is 0 Å². The third kappa shape index (κ3) is 4.05. The highest BCUT2D eigenvalue weighted by Gasteiger charge is 2.46. The van der Waals surface area contributed by atoms with Gasteiger partial charge in [-0.25, -0.2) is 0 Å². The van der Waals surface area contributed by atoms with Gasteiger partial charge < -0.3 is 9.47 Å². The molecule has 1 aliphatic carbocycles. The van der Waals surface area contributed by atoms with Crippen molar-refractivity contribution in [2.45, 2.75) is 65.0 Å². The third-order valence-electron chi connectivity index (χ3n) is 3.93. The largest absolute Gasteiger partial charge is 0.466 e. The first kappa shape index (κ1) is 16.0. The molecular weight excluding hydrogens is 270 g/mol. The van der Waals surface area contributed by atoms with Crippen molar-refractivity contribution in [2.24, 2.45) is 16.8 Å². The molecule has 0 N–H and O–H groups in total. The van der Waals surface area contributed by atoms with E-state index in [-0.39, 0.29) is 36.2 Å². The van der Waals surface area contributed by atoms with E-state index >= 15 is 0 Å². The Morgan fingerprint density at radius 1 is 1.29 bits per heavy atom. The van der Waals surface area contributed by atoms with Crippen LogP contribution in [-0.4, -0.2) is 35.9 Å². The molecule has 0 amide bonds. The quantitative estimate of drug-likeness (QED) is 0.748. The Morgan fingerprint density at radius 3 is 2.57 bits per heavy atom. The molecule has 0 aromatic carbocycles. The van der Waals surface area contributed by atoms with Gasteiger partial charge in [-0.3, -0.25) is 14.6 Å². The number of hydrogen-bond donors (Lipinski definition) is 0. The second kappa shape index (κ2) is 6.16. The van der Waals surface area contributed by atoms with Crippen molar-refractivity contribution < 1.29 is 19.1 Å². The number of fused-ring (bicyclic) bond motifs is 2. The van der Waals surface area contributed by atoms with Crippen LogP contribution in [-0.2, 0) is 19.1 Å². The number of hydrogen-bond acceptors (Lipinski definition) is 5. The molecule has 5 heteroatoms. The van der Waals surface area contributed by atoms with Gasteiger partial charge in [-0.05, 0) is 52.9 Å². The molecule has 21 heavy (non-hydrogen) atoms. The van der Waals surface area contributed by atoms with Crippen LogP contribution in [0.15, 0.2) is 4.99 Å². The molecule has 1 aliphatic heterocycles. The summed E-state index contributed by atoms with van der Waals surface area (Å²) in [4.78, 5) is 28.5. The van der Waals surface area contributed by atoms with Crippen LogP contribution in [0, 0.1) is 11.8 Å². The van der Waals surface area contributed by atoms with Crippen LogP contribution in [0.3, 0.4) is 0 Å². The lowest BCUT2D eigenvalue weighted by atomic mass is 9.85. The molecule has 0 saturated heterocycles. The first-order chi connectivity index (χ1) is 9.80.